The van der Waals surface area contributed by atoms with E-state index in [4.69, 9.17) is 16.3 Å². The van der Waals surface area contributed by atoms with E-state index in [1.165, 1.54) is 12.1 Å². The van der Waals surface area contributed by atoms with Gasteiger partial charge in [-0.05, 0) is 60.6 Å². The van der Waals surface area contributed by atoms with Crippen molar-refractivity contribution in [2.75, 3.05) is 13.2 Å². The molecule has 3 rings (SSSR count). The molecule has 0 fully saturated rings. The van der Waals surface area contributed by atoms with E-state index < -0.39 is 22.1 Å². The van der Waals surface area contributed by atoms with Gasteiger partial charge in [-0.15, -0.1) is 0 Å². The third-order valence-electron chi connectivity index (χ3n) is 4.97. The fourth-order valence-corrected chi connectivity index (χ4v) is 4.94. The van der Waals surface area contributed by atoms with Crippen LogP contribution >= 0.6 is 11.6 Å². The van der Waals surface area contributed by atoms with E-state index in [-0.39, 0.29) is 23.8 Å². The van der Waals surface area contributed by atoms with Crippen LogP contribution in [0.5, 0.6) is 0 Å². The number of carbonyl (C=O) groups excluding carboxylic acids is 1. The first-order valence-corrected chi connectivity index (χ1v) is 11.3. The number of esters is 1. The summed E-state index contributed by atoms with van der Waals surface area (Å²) >= 11 is 5.89. The smallest absolute Gasteiger partial charge is 0.308 e. The van der Waals surface area contributed by atoms with Crippen molar-refractivity contribution in [2.45, 2.75) is 37.2 Å². The van der Waals surface area contributed by atoms with Crippen LogP contribution in [0.2, 0.25) is 5.02 Å². The highest BCUT2D eigenvalue weighted by molar-refractivity contribution is 7.89. The number of rotatable bonds is 8. The lowest BCUT2D eigenvalue weighted by Gasteiger charge is -2.12. The van der Waals surface area contributed by atoms with Crippen molar-refractivity contribution in [3.63, 3.8) is 0 Å². The van der Waals surface area contributed by atoms with E-state index in [0.29, 0.717) is 23.6 Å². The first-order chi connectivity index (χ1) is 13.8. The second-order valence-electron chi connectivity index (χ2n) is 7.14. The Kier molecular flexibility index (Phi) is 6.95. The van der Waals surface area contributed by atoms with Crippen molar-refractivity contribution in [3.05, 3.63) is 64.2 Å². The summed E-state index contributed by atoms with van der Waals surface area (Å²) in [5.74, 6) is -0.315. The molecule has 2 aromatic carbocycles. The van der Waals surface area contributed by atoms with Crippen LogP contribution in [-0.2, 0) is 32.4 Å². The summed E-state index contributed by atoms with van der Waals surface area (Å²) in [5.41, 5.74) is 2.86. The molecule has 0 aliphatic heterocycles. The number of halogens is 1. The molecule has 0 saturated carbocycles. The second-order valence-corrected chi connectivity index (χ2v) is 9.34. The fourth-order valence-electron chi connectivity index (χ4n) is 3.52. The molecule has 6 nitrogen and oxygen atoms in total. The number of aliphatic hydroxyl groups excluding tert-OH is 1. The zero-order valence-corrected chi connectivity index (χ0v) is 17.7. The molecule has 0 bridgehead atoms. The number of nitrogens with one attached hydrogen (secondary N) is 1. The monoisotopic (exact) mass is 437 g/mol. The van der Waals surface area contributed by atoms with Crippen LogP contribution in [-0.4, -0.2) is 32.6 Å². The predicted molar refractivity (Wildman–Crippen MR) is 110 cm³/mol. The van der Waals surface area contributed by atoms with Gasteiger partial charge in [-0.1, -0.05) is 35.9 Å². The van der Waals surface area contributed by atoms with E-state index in [1.54, 1.807) is 25.1 Å². The fraction of sp³-hybridized carbons (Fsp3) is 0.381. The molecule has 2 N–H and O–H groups in total. The topological polar surface area (TPSA) is 92.7 Å². The van der Waals surface area contributed by atoms with Gasteiger partial charge in [0, 0.05) is 11.6 Å². The molecule has 0 aromatic heterocycles. The van der Waals surface area contributed by atoms with Gasteiger partial charge >= 0.3 is 5.97 Å². The average Bonchev–Trinajstić information content (AvgIpc) is 3.09. The Morgan fingerprint density at radius 3 is 2.72 bits per heavy atom. The van der Waals surface area contributed by atoms with Gasteiger partial charge in [0.05, 0.1) is 24.0 Å². The van der Waals surface area contributed by atoms with E-state index in [9.17, 15) is 18.3 Å². The lowest BCUT2D eigenvalue weighted by atomic mass is 10.0. The molecule has 0 amide bonds. The molecule has 1 aliphatic rings. The van der Waals surface area contributed by atoms with Gasteiger partial charge in [0.15, 0.2) is 0 Å². The molecule has 8 heteroatoms. The summed E-state index contributed by atoms with van der Waals surface area (Å²) in [6.45, 7) is 2.31. The van der Waals surface area contributed by atoms with Gasteiger partial charge in [0.25, 0.3) is 0 Å². The number of ether oxygens (including phenoxy) is 1. The van der Waals surface area contributed by atoms with Crippen LogP contribution in [0.1, 0.15) is 36.1 Å². The van der Waals surface area contributed by atoms with Crippen molar-refractivity contribution in [3.8, 4) is 0 Å². The third kappa shape index (κ3) is 5.57. The summed E-state index contributed by atoms with van der Waals surface area (Å²) < 4.78 is 32.5. The molecule has 2 aromatic rings. The predicted octanol–water partition coefficient (Wildman–Crippen LogP) is 3.02. The first-order valence-electron chi connectivity index (χ1n) is 9.49. The van der Waals surface area contributed by atoms with Gasteiger partial charge in [0.2, 0.25) is 10.0 Å². The molecular formula is C21H24ClNO5S. The maximum absolute atomic E-state index is 12.5. The standard InChI is InChI=1S/C21H24ClNO5S/c1-2-28-21(25)12-20(24)16-7-6-15-8-14(9-17(15)10-16)13-23-29(26,27)19-5-3-4-18(22)11-19/h3-7,10-11,14,20,23-24H,2,8-9,12-13H2,1H3. The van der Waals surface area contributed by atoms with Crippen molar-refractivity contribution >= 4 is 27.6 Å². The van der Waals surface area contributed by atoms with Gasteiger partial charge < -0.3 is 9.84 Å². The number of sulfonamides is 1. The zero-order chi connectivity index (χ0) is 21.0. The quantitative estimate of drug-likeness (QED) is 0.619. The van der Waals surface area contributed by atoms with E-state index in [1.807, 2.05) is 12.1 Å². The first kappa shape index (κ1) is 21.8. The molecule has 2 unspecified atom stereocenters. The minimum Gasteiger partial charge on any atom is -0.466 e. The lowest BCUT2D eigenvalue weighted by molar-refractivity contribution is -0.145. The third-order valence-corrected chi connectivity index (χ3v) is 6.62. The zero-order valence-electron chi connectivity index (χ0n) is 16.1. The Bertz CT molecular complexity index is 992. The highest BCUT2D eigenvalue weighted by Gasteiger charge is 2.25. The number of benzene rings is 2. The number of hydrogen-bond acceptors (Lipinski definition) is 5. The lowest BCUT2D eigenvalue weighted by Crippen LogP contribution is -2.29. The number of fused-ring (bicyclic) bond motifs is 1. The average molecular weight is 438 g/mol. The molecular weight excluding hydrogens is 414 g/mol. The van der Waals surface area contributed by atoms with Gasteiger partial charge in [-0.25, -0.2) is 13.1 Å². The Labute approximate surface area is 175 Å². The normalized spacial score (nSPS) is 17.0. The summed E-state index contributed by atoms with van der Waals surface area (Å²) in [7, 11) is -3.62. The van der Waals surface area contributed by atoms with Gasteiger partial charge in [-0.2, -0.15) is 0 Å². The van der Waals surface area contributed by atoms with Crippen LogP contribution in [0.4, 0.5) is 0 Å². The summed E-state index contributed by atoms with van der Waals surface area (Å²) in [5, 5.41) is 10.6. The second kappa shape index (κ2) is 9.26. The van der Waals surface area contributed by atoms with Gasteiger partial charge in [0.1, 0.15) is 0 Å². The summed E-state index contributed by atoms with van der Waals surface area (Å²) in [6, 6.07) is 11.8. The molecule has 156 valence electrons. The largest absolute Gasteiger partial charge is 0.466 e. The Hall–Kier alpha value is -1.93. The highest BCUT2D eigenvalue weighted by atomic mass is 35.5. The van der Waals surface area contributed by atoms with Crippen molar-refractivity contribution in [1.29, 1.82) is 0 Å². The number of carbonyl (C=O) groups is 1. The Morgan fingerprint density at radius 2 is 2.00 bits per heavy atom. The van der Waals surface area contributed by atoms with Crippen LogP contribution < -0.4 is 4.72 Å². The van der Waals surface area contributed by atoms with Gasteiger partial charge in [-0.3, -0.25) is 4.79 Å². The van der Waals surface area contributed by atoms with Crippen LogP contribution in [0.15, 0.2) is 47.4 Å². The Morgan fingerprint density at radius 1 is 1.24 bits per heavy atom. The molecule has 0 saturated heterocycles. The minimum absolute atomic E-state index is 0.0878. The molecule has 2 atom stereocenters. The minimum atomic E-state index is -3.62. The van der Waals surface area contributed by atoms with Crippen LogP contribution in [0.25, 0.3) is 0 Å². The number of aliphatic hydroxyl groups is 1. The van der Waals surface area contributed by atoms with Crippen LogP contribution in [0.3, 0.4) is 0 Å². The number of hydrogen-bond donors (Lipinski definition) is 2. The van der Waals surface area contributed by atoms with E-state index >= 15 is 0 Å². The molecule has 0 heterocycles. The van der Waals surface area contributed by atoms with Crippen molar-refractivity contribution in [2.24, 2.45) is 5.92 Å². The summed E-state index contributed by atoms with van der Waals surface area (Å²) in [4.78, 5) is 11.7. The molecule has 1 aliphatic carbocycles. The molecule has 0 radical (unpaired) electrons. The maximum atomic E-state index is 12.5. The molecule has 0 spiro atoms. The van der Waals surface area contributed by atoms with Crippen LogP contribution in [0, 0.1) is 5.92 Å². The Balaban J connectivity index is 1.61. The molecule has 29 heavy (non-hydrogen) atoms. The van der Waals surface area contributed by atoms with E-state index in [2.05, 4.69) is 4.72 Å². The van der Waals surface area contributed by atoms with E-state index in [0.717, 1.165) is 17.5 Å². The SMILES string of the molecule is CCOC(=O)CC(O)c1ccc2c(c1)CC(CNS(=O)(=O)c1cccc(Cl)c1)C2. The van der Waals surface area contributed by atoms with Crippen molar-refractivity contribution < 1.29 is 23.1 Å². The highest BCUT2D eigenvalue weighted by Crippen LogP contribution is 2.30. The maximum Gasteiger partial charge on any atom is 0.308 e. The summed E-state index contributed by atoms with van der Waals surface area (Å²) in [6.07, 6.45) is 0.449. The van der Waals surface area contributed by atoms with Crippen molar-refractivity contribution in [1.82, 2.24) is 4.72 Å².